The lowest BCUT2D eigenvalue weighted by molar-refractivity contribution is -0.131. The van der Waals surface area contributed by atoms with Crippen LogP contribution in [0.25, 0.3) is 10.9 Å². The van der Waals surface area contributed by atoms with E-state index in [0.29, 0.717) is 19.6 Å². The Morgan fingerprint density at radius 2 is 1.85 bits per heavy atom. The predicted molar refractivity (Wildman–Crippen MR) is 107 cm³/mol. The maximum absolute atomic E-state index is 12.8. The summed E-state index contributed by atoms with van der Waals surface area (Å²) in [6.07, 6.45) is 0. The third-order valence-electron chi connectivity index (χ3n) is 5.01. The van der Waals surface area contributed by atoms with E-state index < -0.39 is 0 Å². The third-order valence-corrected chi connectivity index (χ3v) is 5.01. The van der Waals surface area contributed by atoms with Crippen LogP contribution < -0.4 is 9.64 Å². The van der Waals surface area contributed by atoms with Gasteiger partial charge in [-0.25, -0.2) is 0 Å². The highest BCUT2D eigenvalue weighted by Crippen LogP contribution is 2.28. The van der Waals surface area contributed by atoms with Crippen LogP contribution in [0.3, 0.4) is 0 Å². The first-order valence-electron chi connectivity index (χ1n) is 9.16. The summed E-state index contributed by atoms with van der Waals surface area (Å²) in [4.78, 5) is 21.5. The van der Waals surface area contributed by atoms with E-state index in [1.54, 1.807) is 7.11 Å². The highest BCUT2D eigenvalue weighted by Gasteiger charge is 2.25. The van der Waals surface area contributed by atoms with Crippen molar-refractivity contribution < 1.29 is 9.53 Å². The van der Waals surface area contributed by atoms with Crippen LogP contribution in [0.5, 0.6) is 5.75 Å². The molecule has 0 N–H and O–H groups in total. The van der Waals surface area contributed by atoms with Gasteiger partial charge in [0.25, 0.3) is 0 Å². The standard InChI is InChI=1S/C22H23N3O2/c1-16-13-21(19-5-3-4-6-20(19)23-16)24-11-12-25(22(26)15-24)14-17-7-9-18(27-2)10-8-17/h3-10,13H,11-12,14-15H2,1-2H3. The molecule has 138 valence electrons. The number of aryl methyl sites for hydroxylation is 1. The molecule has 2 aromatic carbocycles. The van der Waals surface area contributed by atoms with Crippen molar-refractivity contribution in [3.63, 3.8) is 0 Å². The molecule has 0 atom stereocenters. The maximum Gasteiger partial charge on any atom is 0.242 e. The summed E-state index contributed by atoms with van der Waals surface area (Å²) in [6.45, 7) is 4.55. The average molecular weight is 361 g/mol. The lowest BCUT2D eigenvalue weighted by Crippen LogP contribution is -2.50. The highest BCUT2D eigenvalue weighted by molar-refractivity contribution is 5.94. The Bertz CT molecular complexity index is 969. The van der Waals surface area contributed by atoms with Crippen molar-refractivity contribution in [2.45, 2.75) is 13.5 Å². The quantitative estimate of drug-likeness (QED) is 0.714. The molecule has 0 bridgehead atoms. The number of fused-ring (bicyclic) bond motifs is 1. The number of carbonyl (C=O) groups excluding carboxylic acids is 1. The first-order chi connectivity index (χ1) is 13.1. The van der Waals surface area contributed by atoms with Crippen molar-refractivity contribution >= 4 is 22.5 Å². The smallest absolute Gasteiger partial charge is 0.242 e. The summed E-state index contributed by atoms with van der Waals surface area (Å²) in [6, 6.07) is 18.1. The first kappa shape index (κ1) is 17.3. The van der Waals surface area contributed by atoms with E-state index >= 15 is 0 Å². The van der Waals surface area contributed by atoms with E-state index in [1.165, 1.54) is 0 Å². The SMILES string of the molecule is COc1ccc(CN2CCN(c3cc(C)nc4ccccc34)CC2=O)cc1. The monoisotopic (exact) mass is 361 g/mol. The van der Waals surface area contributed by atoms with E-state index in [2.05, 4.69) is 22.0 Å². The fraction of sp³-hybridized carbons (Fsp3) is 0.273. The Hall–Kier alpha value is -3.08. The Balaban J connectivity index is 1.51. The van der Waals surface area contributed by atoms with Crippen LogP contribution in [-0.2, 0) is 11.3 Å². The molecule has 0 saturated carbocycles. The van der Waals surface area contributed by atoms with Gasteiger partial charge < -0.3 is 14.5 Å². The van der Waals surface area contributed by atoms with E-state index in [9.17, 15) is 4.79 Å². The number of hydrogen-bond acceptors (Lipinski definition) is 4. The lowest BCUT2D eigenvalue weighted by Gasteiger charge is -2.36. The Labute approximate surface area is 159 Å². The molecule has 0 radical (unpaired) electrons. The van der Waals surface area contributed by atoms with Crippen LogP contribution >= 0.6 is 0 Å². The molecule has 1 aliphatic rings. The van der Waals surface area contributed by atoms with Crippen LogP contribution in [0, 0.1) is 6.92 Å². The minimum absolute atomic E-state index is 0.149. The zero-order valence-electron chi connectivity index (χ0n) is 15.7. The number of methoxy groups -OCH3 is 1. The van der Waals surface area contributed by atoms with E-state index in [-0.39, 0.29) is 5.91 Å². The van der Waals surface area contributed by atoms with Gasteiger partial charge in [-0.3, -0.25) is 9.78 Å². The molecule has 1 aliphatic heterocycles. The largest absolute Gasteiger partial charge is 0.497 e. The van der Waals surface area contributed by atoms with Crippen LogP contribution in [-0.4, -0.2) is 42.5 Å². The van der Waals surface area contributed by atoms with Crippen molar-refractivity contribution in [2.24, 2.45) is 0 Å². The van der Waals surface area contributed by atoms with E-state index in [1.807, 2.05) is 54.3 Å². The summed E-state index contributed by atoms with van der Waals surface area (Å²) in [5.74, 6) is 0.977. The second-order valence-electron chi connectivity index (χ2n) is 6.88. The van der Waals surface area contributed by atoms with Gasteiger partial charge in [-0.15, -0.1) is 0 Å². The number of carbonyl (C=O) groups is 1. The summed E-state index contributed by atoms with van der Waals surface area (Å²) in [5.41, 5.74) is 4.15. The molecule has 1 saturated heterocycles. The van der Waals surface area contributed by atoms with Gasteiger partial charge in [-0.2, -0.15) is 0 Å². The number of amides is 1. The van der Waals surface area contributed by atoms with Gasteiger partial charge >= 0.3 is 0 Å². The minimum atomic E-state index is 0.149. The molecular formula is C22H23N3O2. The van der Waals surface area contributed by atoms with Gasteiger partial charge in [0.1, 0.15) is 5.75 Å². The highest BCUT2D eigenvalue weighted by atomic mass is 16.5. The van der Waals surface area contributed by atoms with Crippen molar-refractivity contribution in [2.75, 3.05) is 31.6 Å². The Morgan fingerprint density at radius 3 is 2.59 bits per heavy atom. The molecule has 5 heteroatoms. The molecule has 3 aromatic rings. The topological polar surface area (TPSA) is 45.7 Å². The molecule has 0 spiro atoms. The number of anilines is 1. The fourth-order valence-corrected chi connectivity index (χ4v) is 3.58. The Kier molecular flexibility index (Phi) is 4.67. The fourth-order valence-electron chi connectivity index (χ4n) is 3.58. The Morgan fingerprint density at radius 1 is 1.07 bits per heavy atom. The van der Waals surface area contributed by atoms with Crippen LogP contribution in [0.2, 0.25) is 0 Å². The van der Waals surface area contributed by atoms with Crippen molar-refractivity contribution in [1.82, 2.24) is 9.88 Å². The number of pyridine rings is 1. The molecule has 2 heterocycles. The van der Waals surface area contributed by atoms with Gasteiger partial charge in [0, 0.05) is 36.4 Å². The van der Waals surface area contributed by atoms with Gasteiger partial charge in [0.2, 0.25) is 5.91 Å². The molecule has 5 nitrogen and oxygen atoms in total. The molecule has 27 heavy (non-hydrogen) atoms. The predicted octanol–water partition coefficient (Wildman–Crippen LogP) is 3.40. The number of hydrogen-bond donors (Lipinski definition) is 0. The second kappa shape index (κ2) is 7.27. The van der Waals surface area contributed by atoms with Crippen LogP contribution in [0.1, 0.15) is 11.3 Å². The van der Waals surface area contributed by atoms with E-state index in [0.717, 1.165) is 40.1 Å². The number of para-hydroxylation sites is 1. The summed E-state index contributed by atoms with van der Waals surface area (Å²) in [5, 5.41) is 1.10. The maximum atomic E-state index is 12.8. The molecule has 1 aromatic heterocycles. The summed E-state index contributed by atoms with van der Waals surface area (Å²) >= 11 is 0. The molecule has 0 unspecified atom stereocenters. The van der Waals surface area contributed by atoms with Gasteiger partial charge in [-0.05, 0) is 36.8 Å². The average Bonchev–Trinajstić information content (AvgIpc) is 2.69. The normalized spacial score (nSPS) is 14.7. The first-order valence-corrected chi connectivity index (χ1v) is 9.16. The number of aromatic nitrogens is 1. The zero-order valence-corrected chi connectivity index (χ0v) is 15.7. The van der Waals surface area contributed by atoms with Crippen molar-refractivity contribution in [3.05, 3.63) is 65.9 Å². The minimum Gasteiger partial charge on any atom is -0.497 e. The number of nitrogens with zero attached hydrogens (tertiary/aromatic N) is 3. The van der Waals surface area contributed by atoms with Crippen LogP contribution in [0.15, 0.2) is 54.6 Å². The number of rotatable bonds is 4. The van der Waals surface area contributed by atoms with E-state index in [4.69, 9.17) is 4.74 Å². The zero-order chi connectivity index (χ0) is 18.8. The molecule has 0 aliphatic carbocycles. The molecule has 1 fully saturated rings. The number of piperazine rings is 1. The number of benzene rings is 2. The summed E-state index contributed by atoms with van der Waals surface area (Å²) in [7, 11) is 1.66. The van der Waals surface area contributed by atoms with Crippen molar-refractivity contribution in [3.8, 4) is 5.75 Å². The number of ether oxygens (including phenoxy) is 1. The summed E-state index contributed by atoms with van der Waals surface area (Å²) < 4.78 is 5.20. The lowest BCUT2D eigenvalue weighted by atomic mass is 10.1. The van der Waals surface area contributed by atoms with Gasteiger partial charge in [0.15, 0.2) is 0 Å². The van der Waals surface area contributed by atoms with Crippen LogP contribution in [0.4, 0.5) is 5.69 Å². The molecule has 4 rings (SSSR count). The third kappa shape index (κ3) is 3.58. The molecule has 1 amide bonds. The van der Waals surface area contributed by atoms with Gasteiger partial charge in [-0.1, -0.05) is 30.3 Å². The molecular weight excluding hydrogens is 338 g/mol. The van der Waals surface area contributed by atoms with Gasteiger partial charge in [0.05, 0.1) is 19.2 Å². The van der Waals surface area contributed by atoms with Crippen molar-refractivity contribution in [1.29, 1.82) is 0 Å². The second-order valence-corrected chi connectivity index (χ2v) is 6.88.